The molecule has 0 aliphatic heterocycles. The number of ether oxygens (including phenoxy) is 1. The molecule has 3 heterocycles. The minimum atomic E-state index is -0.147. The molecule has 4 rings (SSSR count). The molecule has 0 unspecified atom stereocenters. The smallest absolute Gasteiger partial charge is 0.251 e. The van der Waals surface area contributed by atoms with Gasteiger partial charge in [-0.25, -0.2) is 19.9 Å². The molecule has 148 valence electrons. The van der Waals surface area contributed by atoms with Crippen molar-refractivity contribution in [3.63, 3.8) is 0 Å². The highest BCUT2D eigenvalue weighted by molar-refractivity contribution is 5.97. The van der Waals surface area contributed by atoms with Crippen LogP contribution in [0.5, 0.6) is 0 Å². The van der Waals surface area contributed by atoms with Crippen LogP contribution < -0.4 is 5.32 Å². The van der Waals surface area contributed by atoms with Gasteiger partial charge in [0.05, 0.1) is 47.5 Å². The van der Waals surface area contributed by atoms with Gasteiger partial charge in [0, 0.05) is 25.3 Å². The van der Waals surface area contributed by atoms with Crippen LogP contribution in [0.15, 0.2) is 43.2 Å². The van der Waals surface area contributed by atoms with Crippen LogP contribution >= 0.6 is 0 Å². The van der Waals surface area contributed by atoms with E-state index in [-0.39, 0.29) is 5.91 Å². The van der Waals surface area contributed by atoms with Crippen LogP contribution in [-0.2, 0) is 4.74 Å². The summed E-state index contributed by atoms with van der Waals surface area (Å²) in [5.41, 5.74) is 4.62. The molecule has 9 heteroatoms. The summed E-state index contributed by atoms with van der Waals surface area (Å²) in [5.74, 6) is -0.147. The Morgan fingerprint density at radius 3 is 2.34 bits per heavy atom. The Labute approximate surface area is 167 Å². The lowest BCUT2D eigenvalue weighted by Gasteiger charge is -2.09. The van der Waals surface area contributed by atoms with Crippen LogP contribution in [0.2, 0.25) is 0 Å². The van der Waals surface area contributed by atoms with Crippen molar-refractivity contribution < 1.29 is 9.53 Å². The number of carbonyl (C=O) groups excluding carboxylic acids is 1. The first-order valence-electron chi connectivity index (χ1n) is 9.41. The molecular weight excluding hydrogens is 370 g/mol. The zero-order valence-corrected chi connectivity index (χ0v) is 16.0. The molecule has 0 saturated carbocycles. The number of benzene rings is 1. The first-order chi connectivity index (χ1) is 14.3. The summed E-state index contributed by atoms with van der Waals surface area (Å²) in [5, 5.41) is 2.90. The predicted molar refractivity (Wildman–Crippen MR) is 108 cm³/mol. The van der Waals surface area contributed by atoms with Gasteiger partial charge in [-0.15, -0.1) is 0 Å². The number of imidazole rings is 2. The van der Waals surface area contributed by atoms with E-state index in [1.807, 2.05) is 6.92 Å². The van der Waals surface area contributed by atoms with Crippen molar-refractivity contribution in [3.8, 4) is 22.8 Å². The molecule has 1 aromatic carbocycles. The van der Waals surface area contributed by atoms with Gasteiger partial charge in [0.15, 0.2) is 0 Å². The van der Waals surface area contributed by atoms with Crippen LogP contribution in [-0.4, -0.2) is 55.6 Å². The van der Waals surface area contributed by atoms with Gasteiger partial charge in [0.25, 0.3) is 5.91 Å². The average Bonchev–Trinajstić information content (AvgIpc) is 3.46. The average molecular weight is 391 g/mol. The predicted octanol–water partition coefficient (Wildman–Crippen LogP) is 2.57. The number of fused-ring (bicyclic) bond motifs is 1. The first kappa shape index (κ1) is 18.8. The largest absolute Gasteiger partial charge is 0.382 e. The molecule has 1 amide bonds. The number of hydrogen-bond acceptors (Lipinski definition) is 6. The second-order valence-electron chi connectivity index (χ2n) is 6.36. The van der Waals surface area contributed by atoms with Gasteiger partial charge in [0.1, 0.15) is 11.4 Å². The fourth-order valence-electron chi connectivity index (χ4n) is 2.96. The summed E-state index contributed by atoms with van der Waals surface area (Å²) in [6, 6.07) is 5.30. The highest BCUT2D eigenvalue weighted by Crippen LogP contribution is 2.28. The van der Waals surface area contributed by atoms with Gasteiger partial charge in [0.2, 0.25) is 0 Å². The van der Waals surface area contributed by atoms with Crippen LogP contribution in [0.3, 0.4) is 0 Å². The van der Waals surface area contributed by atoms with Gasteiger partial charge in [-0.05, 0) is 31.5 Å². The second kappa shape index (κ2) is 8.61. The number of hydrogen-bond donors (Lipinski definition) is 3. The van der Waals surface area contributed by atoms with Crippen molar-refractivity contribution in [1.29, 1.82) is 0 Å². The summed E-state index contributed by atoms with van der Waals surface area (Å²) < 4.78 is 5.28. The molecule has 0 aliphatic carbocycles. The Morgan fingerprint density at radius 1 is 1.03 bits per heavy atom. The van der Waals surface area contributed by atoms with Crippen molar-refractivity contribution in [2.45, 2.75) is 13.3 Å². The third-order valence-electron chi connectivity index (χ3n) is 4.39. The van der Waals surface area contributed by atoms with Gasteiger partial charge in [-0.2, -0.15) is 0 Å². The number of nitrogens with one attached hydrogen (secondary N) is 3. The second-order valence-corrected chi connectivity index (χ2v) is 6.36. The Morgan fingerprint density at radius 2 is 1.72 bits per heavy atom. The minimum Gasteiger partial charge on any atom is -0.382 e. The molecule has 9 nitrogen and oxygen atoms in total. The van der Waals surface area contributed by atoms with E-state index in [1.54, 1.807) is 43.2 Å². The van der Waals surface area contributed by atoms with E-state index in [1.165, 1.54) is 0 Å². The fourth-order valence-corrected chi connectivity index (χ4v) is 2.96. The van der Waals surface area contributed by atoms with E-state index in [4.69, 9.17) is 14.7 Å². The normalized spacial score (nSPS) is 11.1. The molecule has 0 aliphatic rings. The third kappa shape index (κ3) is 4.14. The topological polar surface area (TPSA) is 121 Å². The number of H-pyrrole nitrogens is 2. The number of amides is 1. The van der Waals surface area contributed by atoms with Crippen LogP contribution in [0.4, 0.5) is 0 Å². The third-order valence-corrected chi connectivity index (χ3v) is 4.39. The number of aromatic nitrogens is 6. The maximum atomic E-state index is 12.5. The number of rotatable bonds is 8. The zero-order valence-electron chi connectivity index (χ0n) is 16.0. The van der Waals surface area contributed by atoms with Crippen LogP contribution in [0.1, 0.15) is 23.7 Å². The number of carbonyl (C=O) groups is 1. The Hall–Kier alpha value is -3.59. The maximum Gasteiger partial charge on any atom is 0.251 e. The van der Waals surface area contributed by atoms with Crippen molar-refractivity contribution in [2.75, 3.05) is 19.8 Å². The molecule has 0 bridgehead atoms. The van der Waals surface area contributed by atoms with Gasteiger partial charge >= 0.3 is 0 Å². The van der Waals surface area contributed by atoms with Gasteiger partial charge < -0.3 is 20.0 Å². The molecule has 0 radical (unpaired) electrons. The van der Waals surface area contributed by atoms with Gasteiger partial charge in [-0.1, -0.05) is 0 Å². The highest BCUT2D eigenvalue weighted by atomic mass is 16.5. The van der Waals surface area contributed by atoms with E-state index in [9.17, 15) is 4.79 Å². The van der Waals surface area contributed by atoms with E-state index in [2.05, 4.69) is 25.3 Å². The van der Waals surface area contributed by atoms with E-state index < -0.39 is 0 Å². The molecule has 0 fully saturated rings. The van der Waals surface area contributed by atoms with Crippen LogP contribution in [0.25, 0.3) is 33.8 Å². The van der Waals surface area contributed by atoms with E-state index in [0.29, 0.717) is 47.7 Å². The Balaban J connectivity index is 1.65. The summed E-state index contributed by atoms with van der Waals surface area (Å²) in [6.45, 7) is 3.81. The van der Waals surface area contributed by atoms with Crippen molar-refractivity contribution in [3.05, 3.63) is 48.8 Å². The zero-order chi connectivity index (χ0) is 20.1. The Bertz CT molecular complexity index is 1090. The summed E-state index contributed by atoms with van der Waals surface area (Å²) in [7, 11) is 0. The van der Waals surface area contributed by atoms with E-state index in [0.717, 1.165) is 17.8 Å². The summed E-state index contributed by atoms with van der Waals surface area (Å²) >= 11 is 0. The quantitative estimate of drug-likeness (QED) is 0.397. The van der Waals surface area contributed by atoms with Crippen molar-refractivity contribution in [1.82, 2.24) is 35.2 Å². The molecule has 4 aromatic rings. The number of aromatic amines is 2. The number of nitrogens with zero attached hydrogens (tertiary/aromatic N) is 4. The van der Waals surface area contributed by atoms with Gasteiger partial charge in [-0.3, -0.25) is 4.79 Å². The minimum absolute atomic E-state index is 0.147. The molecule has 0 spiro atoms. The SMILES string of the molecule is CCOCCCNC(=O)c1ccc2nc(-c3cnc[nH]3)c(-c3cnc[nH]3)nc2c1. The fraction of sp³-hybridized carbons (Fsp3) is 0.250. The van der Waals surface area contributed by atoms with E-state index >= 15 is 0 Å². The molecule has 3 aromatic heterocycles. The van der Waals surface area contributed by atoms with Crippen molar-refractivity contribution >= 4 is 16.9 Å². The molecule has 3 N–H and O–H groups in total. The Kier molecular flexibility index (Phi) is 5.57. The standard InChI is InChI=1S/C20H21N7O2/c1-2-29-7-3-6-23-20(28)13-4-5-14-15(8-13)27-19(17-10-22-12-25-17)18(26-14)16-9-21-11-24-16/h4-5,8-12H,2-3,6-7H2,1H3,(H,21,24)(H,22,25)(H,23,28). The lowest BCUT2D eigenvalue weighted by atomic mass is 10.1. The maximum absolute atomic E-state index is 12.5. The molecule has 29 heavy (non-hydrogen) atoms. The van der Waals surface area contributed by atoms with Crippen LogP contribution in [0, 0.1) is 0 Å². The summed E-state index contributed by atoms with van der Waals surface area (Å²) in [4.78, 5) is 36.2. The summed E-state index contributed by atoms with van der Waals surface area (Å²) in [6.07, 6.45) is 7.33. The first-order valence-corrected chi connectivity index (χ1v) is 9.41. The highest BCUT2D eigenvalue weighted by Gasteiger charge is 2.16. The molecule has 0 atom stereocenters. The van der Waals surface area contributed by atoms with Crippen molar-refractivity contribution in [2.24, 2.45) is 0 Å². The molecular formula is C20H21N7O2. The lowest BCUT2D eigenvalue weighted by molar-refractivity contribution is 0.0944. The molecule has 0 saturated heterocycles. The lowest BCUT2D eigenvalue weighted by Crippen LogP contribution is -2.25. The monoisotopic (exact) mass is 391 g/mol.